The topological polar surface area (TPSA) is 154 Å². The molecule has 0 aliphatic carbocycles. The third kappa shape index (κ3) is 4.10. The number of aromatic nitrogens is 5. The lowest BCUT2D eigenvalue weighted by molar-refractivity contribution is 0.567. The number of fused-ring (bicyclic) bond motifs is 1. The molecule has 156 valence electrons. The molecule has 0 unspecified atom stereocenters. The number of nitrogens with one attached hydrogen (secondary N) is 1. The molecule has 4 aromatic rings. The molecule has 5 N–H and O–H groups in total. The van der Waals surface area contributed by atoms with Crippen LogP contribution in [0.1, 0.15) is 0 Å². The number of nitrogens with two attached hydrogens (primary N) is 2. The predicted molar refractivity (Wildman–Crippen MR) is 112 cm³/mol. The molecule has 14 heteroatoms. The van der Waals surface area contributed by atoms with Crippen molar-refractivity contribution in [1.29, 1.82) is 0 Å². The molecule has 0 saturated heterocycles. The largest absolute Gasteiger partial charge is 0.394 e. The lowest BCUT2D eigenvalue weighted by Gasteiger charge is -2.05. The van der Waals surface area contributed by atoms with E-state index < -0.39 is 20.5 Å². The Labute approximate surface area is 184 Å². The van der Waals surface area contributed by atoms with Gasteiger partial charge in [-0.25, -0.2) is 32.7 Å². The van der Waals surface area contributed by atoms with Gasteiger partial charge in [-0.05, 0) is 12.1 Å². The maximum atomic E-state index is 13.8. The Morgan fingerprint density at radius 2 is 1.47 bits per heavy atom. The van der Waals surface area contributed by atoms with E-state index >= 15 is 0 Å². The Hall–Kier alpha value is -2.73. The van der Waals surface area contributed by atoms with E-state index in [9.17, 15) is 12.8 Å². The van der Waals surface area contributed by atoms with Crippen LogP contribution in [0.3, 0.4) is 0 Å². The van der Waals surface area contributed by atoms with Gasteiger partial charge in [-0.15, -0.1) is 0 Å². The molecule has 0 amide bonds. The van der Waals surface area contributed by atoms with Gasteiger partial charge in [0.1, 0.15) is 50.8 Å². The smallest absolute Gasteiger partial charge is 0.215 e. The Kier molecular flexibility index (Phi) is 6.27. The number of anilines is 2. The van der Waals surface area contributed by atoms with Crippen molar-refractivity contribution >= 4 is 67.2 Å². The first-order valence-corrected chi connectivity index (χ1v) is 10.4. The highest BCUT2D eigenvalue weighted by Crippen LogP contribution is 2.34. The quantitative estimate of drug-likeness (QED) is 0.361. The van der Waals surface area contributed by atoms with E-state index in [-0.39, 0.29) is 42.9 Å². The number of hydrogen-bond acceptors (Lipinski definition) is 8. The monoisotopic (exact) mass is 489 g/mol. The van der Waals surface area contributed by atoms with Crippen LogP contribution >= 0.6 is 34.8 Å². The van der Waals surface area contributed by atoms with Crippen molar-refractivity contribution in [3.63, 3.8) is 0 Å². The first kappa shape index (κ1) is 22.0. The van der Waals surface area contributed by atoms with Crippen LogP contribution in [0.2, 0.25) is 15.5 Å². The van der Waals surface area contributed by atoms with Crippen molar-refractivity contribution in [3.8, 4) is 0 Å². The summed E-state index contributed by atoms with van der Waals surface area (Å²) in [6.45, 7) is 0. The second-order valence-electron chi connectivity index (χ2n) is 5.56. The fraction of sp³-hybridized carbons (Fsp3) is 0. The van der Waals surface area contributed by atoms with Gasteiger partial charge in [0.05, 0.1) is 0 Å². The minimum absolute atomic E-state index is 0.0238. The average molecular weight is 491 g/mol. The second kappa shape index (κ2) is 8.56. The molecule has 0 saturated carbocycles. The zero-order valence-electron chi connectivity index (χ0n) is 14.6. The van der Waals surface area contributed by atoms with E-state index in [1.807, 2.05) is 0 Å². The number of nitrogen functional groups attached to an aromatic ring is 2. The normalized spacial score (nSPS) is 11.2. The zero-order chi connectivity index (χ0) is 22.1. The first-order chi connectivity index (χ1) is 14.1. The van der Waals surface area contributed by atoms with Crippen LogP contribution in [0.5, 0.6) is 0 Å². The summed E-state index contributed by atoms with van der Waals surface area (Å²) in [6, 6.07) is 5.03. The maximum absolute atomic E-state index is 13.8. The fourth-order valence-corrected chi connectivity index (χ4v) is 4.41. The van der Waals surface area contributed by atoms with Crippen molar-refractivity contribution in [2.24, 2.45) is 0 Å². The summed E-state index contributed by atoms with van der Waals surface area (Å²) in [6.07, 6.45) is 2.36. The number of halogens is 4. The molecule has 9 nitrogen and oxygen atoms in total. The molecule has 3 heterocycles. The number of rotatable bonds is 2. The Morgan fingerprint density at radius 1 is 0.900 bits per heavy atom. The van der Waals surface area contributed by atoms with Crippen LogP contribution in [0, 0.1) is 5.82 Å². The van der Waals surface area contributed by atoms with Gasteiger partial charge in [0.25, 0.3) is 0 Å². The number of aromatic amines is 1. The molecule has 0 spiro atoms. The van der Waals surface area contributed by atoms with Crippen LogP contribution in [0.15, 0.2) is 46.7 Å². The summed E-state index contributed by atoms with van der Waals surface area (Å²) in [5.41, 5.74) is 11.4. The highest BCUT2D eigenvalue weighted by Gasteiger charge is 2.29. The van der Waals surface area contributed by atoms with Crippen molar-refractivity contribution in [3.05, 3.63) is 58.2 Å². The molecule has 0 bridgehead atoms. The van der Waals surface area contributed by atoms with Crippen LogP contribution in [-0.4, -0.2) is 33.3 Å². The van der Waals surface area contributed by atoms with Gasteiger partial charge < -0.3 is 16.5 Å². The van der Waals surface area contributed by atoms with E-state index in [1.54, 1.807) is 0 Å². The van der Waals surface area contributed by atoms with E-state index in [2.05, 4.69) is 24.9 Å². The van der Waals surface area contributed by atoms with Gasteiger partial charge in [0.15, 0.2) is 15.5 Å². The molecule has 0 atom stereocenters. The zero-order valence-corrected chi connectivity index (χ0v) is 17.7. The van der Waals surface area contributed by atoms with Gasteiger partial charge in [-0.3, -0.25) is 0 Å². The lowest BCUT2D eigenvalue weighted by Crippen LogP contribution is -2.07. The van der Waals surface area contributed by atoms with E-state index in [4.69, 9.17) is 46.3 Å². The average Bonchev–Trinajstić information content (AvgIpc) is 3.05. The molecule has 0 fully saturated rings. The van der Waals surface area contributed by atoms with E-state index in [0.717, 1.165) is 18.5 Å². The molecule has 3 aromatic heterocycles. The lowest BCUT2D eigenvalue weighted by atomic mass is 10.3. The number of H-pyrrole nitrogens is 1. The highest BCUT2D eigenvalue weighted by molar-refractivity contribution is 7.92. The number of benzene rings is 1. The summed E-state index contributed by atoms with van der Waals surface area (Å²) in [5.74, 6) is -1.04. The minimum atomic E-state index is -4.18. The summed E-state index contributed by atoms with van der Waals surface area (Å²) in [4.78, 5) is 16.6. The molecule has 1 aromatic carbocycles. The molecule has 0 radical (unpaired) electrons. The minimum Gasteiger partial charge on any atom is -0.394 e. The Bertz CT molecular complexity index is 1330. The maximum Gasteiger partial charge on any atom is 0.215 e. The van der Waals surface area contributed by atoms with Crippen LogP contribution < -0.4 is 11.5 Å². The third-order valence-corrected chi connectivity index (χ3v) is 6.45. The van der Waals surface area contributed by atoms with Crippen molar-refractivity contribution in [1.82, 2.24) is 24.9 Å². The van der Waals surface area contributed by atoms with Crippen LogP contribution in [0.4, 0.5) is 15.9 Å². The molecule has 0 aliphatic heterocycles. The second-order valence-corrected chi connectivity index (χ2v) is 8.49. The Morgan fingerprint density at radius 3 is 2.07 bits per heavy atom. The van der Waals surface area contributed by atoms with Gasteiger partial charge in [-0.1, -0.05) is 46.9 Å². The van der Waals surface area contributed by atoms with Crippen LogP contribution in [0.25, 0.3) is 11.0 Å². The number of hydrogen-bond donors (Lipinski definition) is 3. The molecule has 4 rings (SSSR count). The summed E-state index contributed by atoms with van der Waals surface area (Å²) >= 11 is 16.8. The molecular weight excluding hydrogens is 480 g/mol. The standard InChI is InChI=1S/C12H8ClFN4O2S.C4H3Cl2N3/c13-11-9-8(16-5-17-11)10(12(15)18-9)21(19,20)7-4-2-1-3-6(7)14;5-3-2(7)4(6)9-1-8-3/h1-5,18H,15H2;1H,7H2. The van der Waals surface area contributed by atoms with Crippen LogP contribution in [-0.2, 0) is 9.84 Å². The van der Waals surface area contributed by atoms with E-state index in [0.29, 0.717) is 0 Å². The van der Waals surface area contributed by atoms with Crippen molar-refractivity contribution in [2.75, 3.05) is 11.5 Å². The highest BCUT2D eigenvalue weighted by atomic mass is 35.5. The van der Waals surface area contributed by atoms with Crippen molar-refractivity contribution in [2.45, 2.75) is 9.79 Å². The van der Waals surface area contributed by atoms with Gasteiger partial charge in [0, 0.05) is 0 Å². The fourth-order valence-electron chi connectivity index (χ4n) is 2.37. The number of sulfone groups is 1. The number of nitrogens with zero attached hydrogens (tertiary/aromatic N) is 4. The molecular formula is C16H11Cl3FN7O2S. The third-order valence-electron chi connectivity index (χ3n) is 3.70. The Balaban J connectivity index is 0.000000239. The molecule has 0 aliphatic rings. The summed E-state index contributed by atoms with van der Waals surface area (Å²) in [7, 11) is -4.18. The SMILES string of the molecule is Nc1[nH]c2c(Cl)ncnc2c1S(=O)(=O)c1ccccc1F.Nc1c(Cl)ncnc1Cl. The van der Waals surface area contributed by atoms with Crippen molar-refractivity contribution < 1.29 is 12.8 Å². The van der Waals surface area contributed by atoms with Gasteiger partial charge >= 0.3 is 0 Å². The summed E-state index contributed by atoms with van der Waals surface area (Å²) in [5, 5.41) is 0.409. The van der Waals surface area contributed by atoms with E-state index in [1.165, 1.54) is 18.5 Å². The van der Waals surface area contributed by atoms with Gasteiger partial charge in [-0.2, -0.15) is 0 Å². The summed E-state index contributed by atoms with van der Waals surface area (Å²) < 4.78 is 39.0. The first-order valence-electron chi connectivity index (χ1n) is 7.83. The van der Waals surface area contributed by atoms with Gasteiger partial charge in [0.2, 0.25) is 9.84 Å². The predicted octanol–water partition coefficient (Wildman–Crippen LogP) is 3.53. The molecule has 30 heavy (non-hydrogen) atoms.